The molecule has 4 rings (SSSR count). The molecule has 0 radical (unpaired) electrons. The van der Waals surface area contributed by atoms with E-state index in [-0.39, 0.29) is 23.7 Å². The number of H-pyrrole nitrogens is 1. The van der Waals surface area contributed by atoms with Gasteiger partial charge in [-0.25, -0.2) is 9.98 Å². The maximum Gasteiger partial charge on any atom is 0.327 e. The Labute approximate surface area is 195 Å². The van der Waals surface area contributed by atoms with Crippen molar-refractivity contribution in [3.05, 3.63) is 53.9 Å². The lowest BCUT2D eigenvalue weighted by Gasteiger charge is -2.18. The van der Waals surface area contributed by atoms with Crippen LogP contribution in [0.2, 0.25) is 0 Å². The number of anilines is 1. The van der Waals surface area contributed by atoms with Crippen LogP contribution in [0.15, 0.2) is 47.5 Å². The standard InChI is InChI=1S/C22H24N10O2/c1-11-27-17-19(28-11)30-22(34-15-7-5-4-6-13(15)29-21(25)26)31-20(17)33-16-10-12(18(23)24)8-9-14(16)32(2)3/h4-10H,1-3H3,(H3,23,24)(H4,25,26,29)(H,27,28,30,31). The monoisotopic (exact) mass is 460 g/mol. The van der Waals surface area contributed by atoms with E-state index >= 15 is 0 Å². The van der Waals surface area contributed by atoms with Gasteiger partial charge in [0.2, 0.25) is 0 Å². The molecule has 0 bridgehead atoms. The molecule has 0 atom stereocenters. The van der Waals surface area contributed by atoms with Gasteiger partial charge in [-0.05, 0) is 37.3 Å². The number of para-hydroxylation sites is 2. The summed E-state index contributed by atoms with van der Waals surface area (Å²) in [7, 11) is 3.75. The van der Waals surface area contributed by atoms with E-state index in [1.807, 2.05) is 25.1 Å². The molecule has 0 fully saturated rings. The SMILES string of the molecule is Cc1nc2nc(Oc3ccccc3N=C(N)N)nc(Oc3cc(C(=N)N)ccc3N(C)C)c2[nH]1. The second-order valence-corrected chi connectivity index (χ2v) is 7.53. The molecule has 2 heterocycles. The smallest absolute Gasteiger partial charge is 0.327 e. The third-order valence-corrected chi connectivity index (χ3v) is 4.69. The summed E-state index contributed by atoms with van der Waals surface area (Å²) in [5.74, 6) is 1.40. The van der Waals surface area contributed by atoms with Crippen molar-refractivity contribution < 1.29 is 9.47 Å². The van der Waals surface area contributed by atoms with Gasteiger partial charge >= 0.3 is 6.01 Å². The lowest BCUT2D eigenvalue weighted by Crippen LogP contribution is -2.21. The highest BCUT2D eigenvalue weighted by molar-refractivity contribution is 5.96. The number of guanidine groups is 1. The largest absolute Gasteiger partial charge is 0.435 e. The zero-order chi connectivity index (χ0) is 24.4. The maximum atomic E-state index is 7.77. The molecule has 0 amide bonds. The first-order valence-electron chi connectivity index (χ1n) is 10.2. The van der Waals surface area contributed by atoms with Gasteiger partial charge in [0.25, 0.3) is 5.88 Å². The molecule has 12 heteroatoms. The summed E-state index contributed by atoms with van der Waals surface area (Å²) in [5, 5.41) is 7.77. The summed E-state index contributed by atoms with van der Waals surface area (Å²) in [4.78, 5) is 22.3. The van der Waals surface area contributed by atoms with Crippen molar-refractivity contribution in [2.45, 2.75) is 6.92 Å². The highest BCUT2D eigenvalue weighted by Gasteiger charge is 2.18. The number of amidine groups is 1. The van der Waals surface area contributed by atoms with E-state index < -0.39 is 0 Å². The second-order valence-electron chi connectivity index (χ2n) is 7.53. The zero-order valence-electron chi connectivity index (χ0n) is 18.8. The van der Waals surface area contributed by atoms with E-state index in [0.717, 1.165) is 5.69 Å². The normalized spacial score (nSPS) is 10.7. The average Bonchev–Trinajstić information content (AvgIpc) is 3.15. The Morgan fingerprint density at radius 3 is 2.47 bits per heavy atom. The van der Waals surface area contributed by atoms with Gasteiger partial charge in [-0.15, -0.1) is 0 Å². The number of ether oxygens (including phenoxy) is 2. The van der Waals surface area contributed by atoms with E-state index in [1.165, 1.54) is 0 Å². The molecule has 0 unspecified atom stereocenters. The highest BCUT2D eigenvalue weighted by atomic mass is 16.5. The molecule has 0 saturated heterocycles. The number of nitrogens with zero attached hydrogens (tertiary/aromatic N) is 5. The molecule has 12 nitrogen and oxygen atoms in total. The zero-order valence-corrected chi connectivity index (χ0v) is 18.8. The Kier molecular flexibility index (Phi) is 5.87. The lowest BCUT2D eigenvalue weighted by molar-refractivity contribution is 0.417. The predicted octanol–water partition coefficient (Wildman–Crippen LogP) is 2.50. The van der Waals surface area contributed by atoms with Crippen LogP contribution < -0.4 is 31.6 Å². The number of fused-ring (bicyclic) bond motifs is 1. The summed E-state index contributed by atoms with van der Waals surface area (Å²) in [6, 6.07) is 12.1. The molecule has 34 heavy (non-hydrogen) atoms. The third kappa shape index (κ3) is 4.65. The fourth-order valence-electron chi connectivity index (χ4n) is 3.20. The number of imidazole rings is 1. The number of aromatic nitrogens is 4. The van der Waals surface area contributed by atoms with Gasteiger partial charge in [-0.2, -0.15) is 9.97 Å². The number of aryl methyl sites for hydroxylation is 1. The number of nitrogens with one attached hydrogen (secondary N) is 2. The molecule has 8 N–H and O–H groups in total. The van der Waals surface area contributed by atoms with Crippen LogP contribution in [0.25, 0.3) is 11.2 Å². The topological polar surface area (TPSA) is 190 Å². The lowest BCUT2D eigenvalue weighted by atomic mass is 10.1. The van der Waals surface area contributed by atoms with Gasteiger partial charge in [-0.3, -0.25) is 5.41 Å². The molecule has 4 aromatic rings. The van der Waals surface area contributed by atoms with Crippen LogP contribution in [-0.2, 0) is 0 Å². The summed E-state index contributed by atoms with van der Waals surface area (Å²) < 4.78 is 12.1. The van der Waals surface area contributed by atoms with Crippen molar-refractivity contribution in [1.29, 1.82) is 5.41 Å². The van der Waals surface area contributed by atoms with Crippen molar-refractivity contribution in [2.24, 2.45) is 22.2 Å². The molecule has 2 aromatic heterocycles. The van der Waals surface area contributed by atoms with Gasteiger partial charge in [-0.1, -0.05) is 12.1 Å². The molecule has 0 aliphatic rings. The molecule has 0 aliphatic carbocycles. The third-order valence-electron chi connectivity index (χ3n) is 4.69. The van der Waals surface area contributed by atoms with E-state index in [4.69, 9.17) is 32.1 Å². The Hall–Kier alpha value is -4.87. The molecule has 0 spiro atoms. The van der Waals surface area contributed by atoms with Crippen molar-refractivity contribution in [3.8, 4) is 23.4 Å². The van der Waals surface area contributed by atoms with E-state index in [9.17, 15) is 0 Å². The number of aliphatic imine (C=N–C) groups is 1. The Balaban J connectivity index is 1.81. The number of rotatable bonds is 7. The van der Waals surface area contributed by atoms with E-state index in [2.05, 4.69) is 24.9 Å². The average molecular weight is 461 g/mol. The molecular formula is C22H24N10O2. The van der Waals surface area contributed by atoms with Gasteiger partial charge in [0.05, 0.1) is 5.69 Å². The quantitative estimate of drug-likeness (QED) is 0.204. The number of hydrogen-bond donors (Lipinski definition) is 5. The first-order chi connectivity index (χ1) is 16.2. The van der Waals surface area contributed by atoms with Crippen LogP contribution in [0.1, 0.15) is 11.4 Å². The number of nitrogen functional groups attached to an aromatic ring is 1. The highest BCUT2D eigenvalue weighted by Crippen LogP contribution is 2.36. The van der Waals surface area contributed by atoms with Crippen LogP contribution in [0, 0.1) is 12.3 Å². The van der Waals surface area contributed by atoms with Crippen molar-refractivity contribution in [2.75, 3.05) is 19.0 Å². The Morgan fingerprint density at radius 1 is 1.00 bits per heavy atom. The summed E-state index contributed by atoms with van der Waals surface area (Å²) in [6.45, 7) is 1.79. The van der Waals surface area contributed by atoms with Crippen molar-refractivity contribution in [3.63, 3.8) is 0 Å². The minimum absolute atomic E-state index is 0.0126. The Bertz CT molecular complexity index is 1410. The van der Waals surface area contributed by atoms with Crippen molar-refractivity contribution in [1.82, 2.24) is 19.9 Å². The number of aromatic amines is 1. The molecule has 174 valence electrons. The van der Waals surface area contributed by atoms with Crippen LogP contribution in [-0.4, -0.2) is 45.8 Å². The number of hydrogen-bond acceptors (Lipinski definition) is 8. The van der Waals surface area contributed by atoms with Crippen molar-refractivity contribution >= 4 is 34.3 Å². The van der Waals surface area contributed by atoms with E-state index in [1.54, 1.807) is 43.3 Å². The molecule has 0 saturated carbocycles. The van der Waals surface area contributed by atoms with Gasteiger partial charge in [0, 0.05) is 19.7 Å². The fourth-order valence-corrected chi connectivity index (χ4v) is 3.20. The fraction of sp³-hybridized carbons (Fsp3) is 0.136. The Morgan fingerprint density at radius 2 is 1.76 bits per heavy atom. The van der Waals surface area contributed by atoms with Crippen LogP contribution in [0.4, 0.5) is 11.4 Å². The first kappa shape index (κ1) is 22.3. The maximum absolute atomic E-state index is 7.77. The summed E-state index contributed by atoms with van der Waals surface area (Å²) in [6.07, 6.45) is 0. The first-order valence-corrected chi connectivity index (χ1v) is 10.2. The molecular weight excluding hydrogens is 436 g/mol. The predicted molar refractivity (Wildman–Crippen MR) is 130 cm³/mol. The minimum Gasteiger partial charge on any atom is -0.435 e. The van der Waals surface area contributed by atoms with Crippen LogP contribution >= 0.6 is 0 Å². The van der Waals surface area contributed by atoms with E-state index in [0.29, 0.717) is 39.7 Å². The molecule has 0 aliphatic heterocycles. The minimum atomic E-state index is -0.110. The second kappa shape index (κ2) is 8.94. The number of benzene rings is 2. The number of nitrogens with two attached hydrogens (primary N) is 3. The summed E-state index contributed by atoms with van der Waals surface area (Å²) >= 11 is 0. The van der Waals surface area contributed by atoms with Crippen LogP contribution in [0.3, 0.4) is 0 Å². The molecule has 2 aromatic carbocycles. The van der Waals surface area contributed by atoms with Gasteiger partial charge < -0.3 is 36.6 Å². The summed E-state index contributed by atoms with van der Waals surface area (Å²) in [5.41, 5.74) is 19.2. The van der Waals surface area contributed by atoms with Gasteiger partial charge in [0.1, 0.15) is 22.9 Å². The van der Waals surface area contributed by atoms with Gasteiger partial charge in [0.15, 0.2) is 23.1 Å². The van der Waals surface area contributed by atoms with Crippen LogP contribution in [0.5, 0.6) is 23.4 Å².